The van der Waals surface area contributed by atoms with Gasteiger partial charge in [-0.25, -0.2) is 4.39 Å². The standard InChI is InChI=1S/C14H20FNO/c1-3-5-12-14(16-8-4-2)11-7-6-10(15)9-13(11)17-12/h6-7,9,12,14,16H,3-5,8H2,1-2H3. The van der Waals surface area contributed by atoms with Gasteiger partial charge in [-0.05, 0) is 25.5 Å². The first-order chi connectivity index (χ1) is 8.26. The second-order valence-corrected chi connectivity index (χ2v) is 4.56. The van der Waals surface area contributed by atoms with Crippen LogP contribution < -0.4 is 10.1 Å². The highest BCUT2D eigenvalue weighted by Gasteiger charge is 2.33. The van der Waals surface area contributed by atoms with Crippen molar-refractivity contribution in [3.8, 4) is 5.75 Å². The molecule has 0 saturated heterocycles. The summed E-state index contributed by atoms with van der Waals surface area (Å²) in [6, 6.07) is 5.06. The molecule has 1 heterocycles. The van der Waals surface area contributed by atoms with Gasteiger partial charge < -0.3 is 10.1 Å². The Morgan fingerprint density at radius 3 is 2.82 bits per heavy atom. The lowest BCUT2D eigenvalue weighted by atomic mass is 10.0. The number of benzene rings is 1. The minimum absolute atomic E-state index is 0.142. The van der Waals surface area contributed by atoms with Crippen LogP contribution in [0.2, 0.25) is 0 Å². The number of rotatable bonds is 5. The summed E-state index contributed by atoms with van der Waals surface area (Å²) in [6.07, 6.45) is 3.30. The molecule has 3 heteroatoms. The summed E-state index contributed by atoms with van der Waals surface area (Å²) in [5.41, 5.74) is 1.10. The molecule has 1 N–H and O–H groups in total. The SMILES string of the molecule is CCCNC1c2ccc(F)cc2OC1CCC. The van der Waals surface area contributed by atoms with E-state index in [9.17, 15) is 4.39 Å². The van der Waals surface area contributed by atoms with E-state index in [-0.39, 0.29) is 18.0 Å². The van der Waals surface area contributed by atoms with Crippen LogP contribution in [0.1, 0.15) is 44.7 Å². The predicted octanol–water partition coefficient (Wildman–Crippen LogP) is 3.43. The average molecular weight is 237 g/mol. The molecule has 2 nitrogen and oxygen atoms in total. The summed E-state index contributed by atoms with van der Waals surface area (Å²) < 4.78 is 19.0. The second-order valence-electron chi connectivity index (χ2n) is 4.56. The molecule has 0 spiro atoms. The average Bonchev–Trinajstić information content (AvgIpc) is 2.63. The zero-order chi connectivity index (χ0) is 12.3. The van der Waals surface area contributed by atoms with Crippen LogP contribution in [-0.2, 0) is 0 Å². The van der Waals surface area contributed by atoms with Crippen molar-refractivity contribution < 1.29 is 9.13 Å². The van der Waals surface area contributed by atoms with Gasteiger partial charge >= 0.3 is 0 Å². The van der Waals surface area contributed by atoms with E-state index in [2.05, 4.69) is 19.2 Å². The number of fused-ring (bicyclic) bond motifs is 1. The smallest absolute Gasteiger partial charge is 0.127 e. The fourth-order valence-electron chi connectivity index (χ4n) is 2.35. The molecule has 0 fully saturated rings. The zero-order valence-corrected chi connectivity index (χ0v) is 10.5. The van der Waals surface area contributed by atoms with Gasteiger partial charge in [-0.2, -0.15) is 0 Å². The molecule has 2 atom stereocenters. The van der Waals surface area contributed by atoms with Crippen molar-refractivity contribution in [1.82, 2.24) is 5.32 Å². The Labute approximate surface area is 102 Å². The Kier molecular flexibility index (Phi) is 4.00. The van der Waals surface area contributed by atoms with Crippen molar-refractivity contribution in [2.24, 2.45) is 0 Å². The number of nitrogens with one attached hydrogen (secondary N) is 1. The lowest BCUT2D eigenvalue weighted by molar-refractivity contribution is 0.178. The van der Waals surface area contributed by atoms with E-state index in [1.807, 2.05) is 6.07 Å². The third-order valence-electron chi connectivity index (χ3n) is 3.15. The van der Waals surface area contributed by atoms with Crippen LogP contribution in [0, 0.1) is 5.82 Å². The Morgan fingerprint density at radius 1 is 1.29 bits per heavy atom. The number of hydrogen-bond acceptors (Lipinski definition) is 2. The highest BCUT2D eigenvalue weighted by Crippen LogP contribution is 2.38. The lowest BCUT2D eigenvalue weighted by Gasteiger charge is -2.19. The van der Waals surface area contributed by atoms with E-state index < -0.39 is 0 Å². The molecule has 2 unspecified atom stereocenters. The van der Waals surface area contributed by atoms with E-state index in [1.54, 1.807) is 0 Å². The summed E-state index contributed by atoms with van der Waals surface area (Å²) in [4.78, 5) is 0. The van der Waals surface area contributed by atoms with Gasteiger partial charge in [-0.15, -0.1) is 0 Å². The van der Waals surface area contributed by atoms with Gasteiger partial charge in [0.25, 0.3) is 0 Å². The third kappa shape index (κ3) is 2.60. The molecule has 0 bridgehead atoms. The van der Waals surface area contributed by atoms with Crippen LogP contribution in [0.4, 0.5) is 4.39 Å². The number of hydrogen-bond donors (Lipinski definition) is 1. The molecule has 2 rings (SSSR count). The van der Waals surface area contributed by atoms with Gasteiger partial charge in [0, 0.05) is 11.6 Å². The van der Waals surface area contributed by atoms with Crippen LogP contribution in [0.3, 0.4) is 0 Å². The monoisotopic (exact) mass is 237 g/mol. The Hall–Kier alpha value is -1.09. The van der Waals surface area contributed by atoms with Crippen LogP contribution >= 0.6 is 0 Å². The summed E-state index contributed by atoms with van der Waals surface area (Å²) >= 11 is 0. The molecular weight excluding hydrogens is 217 g/mol. The maximum absolute atomic E-state index is 13.2. The third-order valence-corrected chi connectivity index (χ3v) is 3.15. The van der Waals surface area contributed by atoms with E-state index in [0.717, 1.165) is 31.4 Å². The van der Waals surface area contributed by atoms with Crippen molar-refractivity contribution in [2.45, 2.75) is 45.3 Å². The Balaban J connectivity index is 2.19. The van der Waals surface area contributed by atoms with Crippen molar-refractivity contribution >= 4 is 0 Å². The minimum atomic E-state index is -0.227. The van der Waals surface area contributed by atoms with E-state index in [4.69, 9.17) is 4.74 Å². The van der Waals surface area contributed by atoms with Gasteiger partial charge in [-0.3, -0.25) is 0 Å². The quantitative estimate of drug-likeness (QED) is 0.847. The Morgan fingerprint density at radius 2 is 2.12 bits per heavy atom. The van der Waals surface area contributed by atoms with Crippen molar-refractivity contribution in [1.29, 1.82) is 0 Å². The van der Waals surface area contributed by atoms with Crippen molar-refractivity contribution in [3.05, 3.63) is 29.6 Å². The van der Waals surface area contributed by atoms with Crippen LogP contribution in [-0.4, -0.2) is 12.6 Å². The molecular formula is C14H20FNO. The first kappa shape index (κ1) is 12.4. The minimum Gasteiger partial charge on any atom is -0.488 e. The molecule has 1 aromatic carbocycles. The lowest BCUT2D eigenvalue weighted by Crippen LogP contribution is -2.31. The van der Waals surface area contributed by atoms with E-state index >= 15 is 0 Å². The molecule has 94 valence electrons. The maximum atomic E-state index is 13.2. The summed E-state index contributed by atoms with van der Waals surface area (Å²) in [5.74, 6) is 0.479. The zero-order valence-electron chi connectivity index (χ0n) is 10.5. The predicted molar refractivity (Wildman–Crippen MR) is 66.8 cm³/mol. The molecule has 1 aromatic rings. The van der Waals surface area contributed by atoms with Crippen LogP contribution in [0.5, 0.6) is 5.75 Å². The second kappa shape index (κ2) is 5.50. The van der Waals surface area contributed by atoms with Crippen molar-refractivity contribution in [2.75, 3.05) is 6.54 Å². The highest BCUT2D eigenvalue weighted by atomic mass is 19.1. The van der Waals surface area contributed by atoms with Gasteiger partial charge in [0.05, 0.1) is 6.04 Å². The summed E-state index contributed by atoms with van der Waals surface area (Å²) in [6.45, 7) is 5.25. The topological polar surface area (TPSA) is 21.3 Å². The first-order valence-corrected chi connectivity index (χ1v) is 6.45. The summed E-state index contributed by atoms with van der Waals surface area (Å²) in [7, 11) is 0. The fourth-order valence-corrected chi connectivity index (χ4v) is 2.35. The molecule has 1 aliphatic heterocycles. The maximum Gasteiger partial charge on any atom is 0.127 e. The largest absolute Gasteiger partial charge is 0.488 e. The molecule has 0 radical (unpaired) electrons. The highest BCUT2D eigenvalue weighted by molar-refractivity contribution is 5.41. The number of halogens is 1. The molecule has 17 heavy (non-hydrogen) atoms. The van der Waals surface area contributed by atoms with Gasteiger partial charge in [0.15, 0.2) is 0 Å². The van der Waals surface area contributed by atoms with E-state index in [0.29, 0.717) is 5.75 Å². The first-order valence-electron chi connectivity index (χ1n) is 6.45. The molecule has 0 aliphatic carbocycles. The number of ether oxygens (including phenoxy) is 1. The molecule has 0 amide bonds. The molecule has 0 saturated carbocycles. The fraction of sp³-hybridized carbons (Fsp3) is 0.571. The van der Waals surface area contributed by atoms with Gasteiger partial charge in [0.2, 0.25) is 0 Å². The van der Waals surface area contributed by atoms with Gasteiger partial charge in [0.1, 0.15) is 17.7 Å². The normalized spacial score (nSPS) is 22.3. The molecule has 1 aliphatic rings. The van der Waals surface area contributed by atoms with Crippen LogP contribution in [0.25, 0.3) is 0 Å². The Bertz CT molecular complexity index is 380. The van der Waals surface area contributed by atoms with Crippen LogP contribution in [0.15, 0.2) is 18.2 Å². The molecule has 0 aromatic heterocycles. The van der Waals surface area contributed by atoms with E-state index in [1.165, 1.54) is 12.1 Å². The van der Waals surface area contributed by atoms with Crippen molar-refractivity contribution in [3.63, 3.8) is 0 Å². The van der Waals surface area contributed by atoms with Gasteiger partial charge in [-0.1, -0.05) is 26.3 Å². The summed E-state index contributed by atoms with van der Waals surface area (Å²) in [5, 5.41) is 3.49.